The van der Waals surface area contributed by atoms with E-state index in [2.05, 4.69) is 73.3 Å². The lowest BCUT2D eigenvalue weighted by molar-refractivity contribution is -0.131. The molecule has 0 spiro atoms. The second kappa shape index (κ2) is 9.86. The molecule has 0 aliphatic carbocycles. The maximum Gasteiger partial charge on any atom is 0.219 e. The molecule has 0 bridgehead atoms. The van der Waals surface area contributed by atoms with Gasteiger partial charge >= 0.3 is 0 Å². The van der Waals surface area contributed by atoms with Crippen LogP contribution < -0.4 is 4.90 Å². The zero-order valence-electron chi connectivity index (χ0n) is 19.9. The second-order valence-electron chi connectivity index (χ2n) is 9.95. The minimum absolute atomic E-state index is 0.129. The molecule has 1 aliphatic heterocycles. The molecule has 3 rings (SSSR count). The normalized spacial score (nSPS) is 20.3. The van der Waals surface area contributed by atoms with Gasteiger partial charge in [-0.05, 0) is 68.2 Å². The summed E-state index contributed by atoms with van der Waals surface area (Å²) in [5.74, 6) is 0.137. The molecule has 2 aromatic rings. The molecule has 4 nitrogen and oxygen atoms in total. The standard InChI is InChI=1S/C27H38N2O2/c1-22(30)29(20-24-11-13-25(14-12-24)28(4)5)17-15-27(16-18-31-26(2,3)21-27)19-23-9-7-6-8-10-23/h6-14H,15-21H2,1-5H3/t27-/m0/s1. The Morgan fingerprint density at radius 2 is 1.68 bits per heavy atom. The third-order valence-corrected chi connectivity index (χ3v) is 6.53. The first-order valence-corrected chi connectivity index (χ1v) is 11.4. The van der Waals surface area contributed by atoms with E-state index in [1.807, 2.05) is 19.0 Å². The van der Waals surface area contributed by atoms with Gasteiger partial charge < -0.3 is 14.5 Å². The Bertz CT molecular complexity index is 845. The van der Waals surface area contributed by atoms with E-state index >= 15 is 0 Å². The van der Waals surface area contributed by atoms with Gasteiger partial charge in [-0.25, -0.2) is 0 Å². The number of carbonyl (C=O) groups is 1. The van der Waals surface area contributed by atoms with Crippen LogP contribution in [0.15, 0.2) is 54.6 Å². The number of hydrogen-bond donors (Lipinski definition) is 0. The molecule has 168 valence electrons. The molecule has 31 heavy (non-hydrogen) atoms. The van der Waals surface area contributed by atoms with E-state index in [9.17, 15) is 4.79 Å². The van der Waals surface area contributed by atoms with E-state index in [0.29, 0.717) is 6.54 Å². The lowest BCUT2D eigenvalue weighted by Crippen LogP contribution is -2.44. The van der Waals surface area contributed by atoms with Crippen molar-refractivity contribution in [2.45, 2.75) is 58.6 Å². The summed E-state index contributed by atoms with van der Waals surface area (Å²) in [6.45, 7) is 8.29. The summed E-state index contributed by atoms with van der Waals surface area (Å²) in [5, 5.41) is 0. The van der Waals surface area contributed by atoms with Gasteiger partial charge in [0.1, 0.15) is 0 Å². The molecule has 2 aromatic carbocycles. The summed E-state index contributed by atoms with van der Waals surface area (Å²) in [6, 6.07) is 19.2. The van der Waals surface area contributed by atoms with E-state index in [1.165, 1.54) is 16.8 Å². The summed E-state index contributed by atoms with van der Waals surface area (Å²) >= 11 is 0. The lowest BCUT2D eigenvalue weighted by Gasteiger charge is -2.46. The van der Waals surface area contributed by atoms with Gasteiger partial charge in [0.25, 0.3) is 0 Å². The molecule has 0 unspecified atom stereocenters. The Labute approximate surface area is 188 Å². The summed E-state index contributed by atoms with van der Waals surface area (Å²) in [7, 11) is 4.08. The van der Waals surface area contributed by atoms with Crippen molar-refractivity contribution in [3.63, 3.8) is 0 Å². The van der Waals surface area contributed by atoms with Gasteiger partial charge in [-0.15, -0.1) is 0 Å². The van der Waals surface area contributed by atoms with Crippen LogP contribution in [0.5, 0.6) is 0 Å². The fourth-order valence-electron chi connectivity index (χ4n) is 4.91. The van der Waals surface area contributed by atoms with E-state index < -0.39 is 0 Å². The van der Waals surface area contributed by atoms with Crippen LogP contribution in [-0.2, 0) is 22.5 Å². The Morgan fingerprint density at radius 3 is 2.26 bits per heavy atom. The molecule has 1 heterocycles. The molecule has 1 aliphatic rings. The SMILES string of the molecule is CC(=O)N(CC[C@@]1(Cc2ccccc2)CCOC(C)(C)C1)Cc1ccc(N(C)C)cc1. The molecular weight excluding hydrogens is 384 g/mol. The Balaban J connectivity index is 1.73. The highest BCUT2D eigenvalue weighted by Gasteiger charge is 2.41. The molecule has 0 N–H and O–H groups in total. The van der Waals surface area contributed by atoms with Crippen molar-refractivity contribution < 1.29 is 9.53 Å². The minimum Gasteiger partial charge on any atom is -0.378 e. The molecule has 1 atom stereocenters. The van der Waals surface area contributed by atoms with Crippen LogP contribution in [0.2, 0.25) is 0 Å². The van der Waals surface area contributed by atoms with Crippen molar-refractivity contribution in [3.05, 3.63) is 65.7 Å². The highest BCUT2D eigenvalue weighted by atomic mass is 16.5. The fourth-order valence-corrected chi connectivity index (χ4v) is 4.91. The van der Waals surface area contributed by atoms with Crippen molar-refractivity contribution in [1.29, 1.82) is 0 Å². The Kier molecular flexibility index (Phi) is 7.42. The Morgan fingerprint density at radius 1 is 1.00 bits per heavy atom. The summed E-state index contributed by atoms with van der Waals surface area (Å²) in [5.41, 5.74) is 3.73. The van der Waals surface area contributed by atoms with E-state index in [0.717, 1.165) is 38.8 Å². The van der Waals surface area contributed by atoms with Crippen LogP contribution >= 0.6 is 0 Å². The van der Waals surface area contributed by atoms with Crippen molar-refractivity contribution in [2.24, 2.45) is 5.41 Å². The number of carbonyl (C=O) groups excluding carboxylic acids is 1. The first-order chi connectivity index (χ1) is 14.7. The number of benzene rings is 2. The molecule has 1 fully saturated rings. The van der Waals surface area contributed by atoms with Crippen LogP contribution in [0.3, 0.4) is 0 Å². The first kappa shape index (κ1) is 23.3. The number of ether oxygens (including phenoxy) is 1. The second-order valence-corrected chi connectivity index (χ2v) is 9.95. The summed E-state index contributed by atoms with van der Waals surface area (Å²) < 4.78 is 6.05. The van der Waals surface area contributed by atoms with E-state index in [4.69, 9.17) is 4.74 Å². The maximum atomic E-state index is 12.5. The van der Waals surface area contributed by atoms with Crippen LogP contribution in [0.25, 0.3) is 0 Å². The third-order valence-electron chi connectivity index (χ3n) is 6.53. The van der Waals surface area contributed by atoms with Crippen molar-refractivity contribution >= 4 is 11.6 Å². The predicted molar refractivity (Wildman–Crippen MR) is 128 cm³/mol. The number of rotatable bonds is 8. The smallest absolute Gasteiger partial charge is 0.219 e. The molecular formula is C27H38N2O2. The predicted octanol–water partition coefficient (Wildman–Crippen LogP) is 5.31. The van der Waals surface area contributed by atoms with Gasteiger partial charge in [-0.2, -0.15) is 0 Å². The number of amides is 1. The van der Waals surface area contributed by atoms with Gasteiger partial charge in [0.05, 0.1) is 5.60 Å². The van der Waals surface area contributed by atoms with Crippen LogP contribution in [0.4, 0.5) is 5.69 Å². The van der Waals surface area contributed by atoms with Crippen LogP contribution in [-0.4, -0.2) is 43.7 Å². The summed E-state index contributed by atoms with van der Waals surface area (Å²) in [6.07, 6.45) is 4.07. The molecule has 0 radical (unpaired) electrons. The molecule has 1 amide bonds. The van der Waals surface area contributed by atoms with E-state index in [-0.39, 0.29) is 16.9 Å². The highest BCUT2D eigenvalue weighted by Crippen LogP contribution is 2.44. The molecule has 1 saturated heterocycles. The quantitative estimate of drug-likeness (QED) is 0.578. The summed E-state index contributed by atoms with van der Waals surface area (Å²) in [4.78, 5) is 16.6. The fraction of sp³-hybridized carbons (Fsp3) is 0.519. The van der Waals surface area contributed by atoms with Crippen molar-refractivity contribution in [3.8, 4) is 0 Å². The minimum atomic E-state index is -0.129. The Hall–Kier alpha value is -2.33. The largest absolute Gasteiger partial charge is 0.378 e. The number of hydrogen-bond acceptors (Lipinski definition) is 3. The maximum absolute atomic E-state index is 12.5. The van der Waals surface area contributed by atoms with Gasteiger partial charge in [0.2, 0.25) is 5.91 Å². The highest BCUT2D eigenvalue weighted by molar-refractivity contribution is 5.73. The van der Waals surface area contributed by atoms with Crippen molar-refractivity contribution in [1.82, 2.24) is 4.90 Å². The average Bonchev–Trinajstić information content (AvgIpc) is 2.71. The van der Waals surface area contributed by atoms with Gasteiger partial charge in [0, 0.05) is 46.4 Å². The first-order valence-electron chi connectivity index (χ1n) is 11.4. The van der Waals surface area contributed by atoms with Gasteiger partial charge in [0.15, 0.2) is 0 Å². The van der Waals surface area contributed by atoms with E-state index in [1.54, 1.807) is 6.92 Å². The zero-order valence-corrected chi connectivity index (χ0v) is 19.9. The van der Waals surface area contributed by atoms with Gasteiger partial charge in [-0.3, -0.25) is 4.79 Å². The number of anilines is 1. The van der Waals surface area contributed by atoms with Crippen LogP contribution in [0, 0.1) is 5.41 Å². The molecule has 0 aromatic heterocycles. The number of nitrogens with zero attached hydrogens (tertiary/aromatic N) is 2. The molecule has 4 heteroatoms. The third kappa shape index (κ3) is 6.57. The zero-order chi connectivity index (χ0) is 22.5. The van der Waals surface area contributed by atoms with Gasteiger partial charge in [-0.1, -0.05) is 42.5 Å². The van der Waals surface area contributed by atoms with Crippen molar-refractivity contribution in [2.75, 3.05) is 32.1 Å². The average molecular weight is 423 g/mol. The topological polar surface area (TPSA) is 32.8 Å². The van der Waals surface area contributed by atoms with Crippen LogP contribution in [0.1, 0.15) is 51.2 Å². The molecule has 0 saturated carbocycles. The lowest BCUT2D eigenvalue weighted by atomic mass is 9.68. The monoisotopic (exact) mass is 422 g/mol.